The number of carbonyl (C=O) groups is 3. The molecule has 0 saturated heterocycles. The van der Waals surface area contributed by atoms with E-state index in [9.17, 15) is 19.5 Å². The van der Waals surface area contributed by atoms with Crippen molar-refractivity contribution in [1.82, 2.24) is 0 Å². The summed E-state index contributed by atoms with van der Waals surface area (Å²) in [6, 6.07) is 0. The zero-order chi connectivity index (χ0) is 17.4. The first kappa shape index (κ1) is 18.9. The molecule has 0 aromatic heterocycles. The number of rotatable bonds is 3. The van der Waals surface area contributed by atoms with Crippen LogP contribution in [0.1, 0.15) is 33.6 Å². The highest BCUT2D eigenvalue weighted by atomic mass is 16.6. The van der Waals surface area contributed by atoms with Gasteiger partial charge in [0.2, 0.25) is 0 Å². The highest BCUT2D eigenvalue weighted by molar-refractivity contribution is 5.82. The monoisotopic (exact) mass is 326 g/mol. The van der Waals surface area contributed by atoms with Crippen molar-refractivity contribution in [2.24, 2.45) is 0 Å². The lowest BCUT2D eigenvalue weighted by molar-refractivity contribution is -0.163. The number of allylic oxidation sites excluding steroid dienone is 1. The van der Waals surface area contributed by atoms with Gasteiger partial charge in [-0.2, -0.15) is 0 Å². The number of aliphatic hydroxyl groups excluding tert-OH is 1. The minimum absolute atomic E-state index is 0.0251. The van der Waals surface area contributed by atoms with Gasteiger partial charge in [-0.05, 0) is 26.3 Å². The molecule has 0 saturated carbocycles. The van der Waals surface area contributed by atoms with Crippen LogP contribution in [0.15, 0.2) is 24.3 Å². The number of cyclic esters (lactones) is 1. The quantitative estimate of drug-likeness (QED) is 0.358. The smallest absolute Gasteiger partial charge is 0.331 e. The number of esters is 3. The molecule has 0 spiro atoms. The highest BCUT2D eigenvalue weighted by Gasteiger charge is 2.27. The Kier molecular flexibility index (Phi) is 7.47. The average Bonchev–Trinajstić information content (AvgIpc) is 2.46. The third-order valence-corrected chi connectivity index (χ3v) is 3.16. The van der Waals surface area contributed by atoms with E-state index in [2.05, 4.69) is 0 Å². The third kappa shape index (κ3) is 6.65. The molecule has 0 amide bonds. The molecule has 1 aliphatic rings. The van der Waals surface area contributed by atoms with E-state index >= 15 is 0 Å². The predicted molar refractivity (Wildman–Crippen MR) is 80.2 cm³/mol. The molecule has 1 rings (SSSR count). The molecule has 23 heavy (non-hydrogen) atoms. The Morgan fingerprint density at radius 3 is 2.65 bits per heavy atom. The van der Waals surface area contributed by atoms with E-state index < -0.39 is 42.3 Å². The Labute approximate surface area is 134 Å². The molecule has 128 valence electrons. The molecule has 0 aromatic rings. The average molecular weight is 326 g/mol. The number of hydrogen-bond donors (Lipinski definition) is 1. The Morgan fingerprint density at radius 2 is 2.04 bits per heavy atom. The molecular formula is C16H22O7. The van der Waals surface area contributed by atoms with E-state index in [-0.39, 0.29) is 12.8 Å². The van der Waals surface area contributed by atoms with Crippen LogP contribution in [0.5, 0.6) is 0 Å². The van der Waals surface area contributed by atoms with Crippen molar-refractivity contribution in [2.75, 3.05) is 0 Å². The molecule has 4 atom stereocenters. The van der Waals surface area contributed by atoms with Crippen LogP contribution >= 0.6 is 0 Å². The van der Waals surface area contributed by atoms with E-state index in [4.69, 9.17) is 14.2 Å². The minimum atomic E-state index is -1.11. The van der Waals surface area contributed by atoms with Crippen molar-refractivity contribution in [3.8, 4) is 0 Å². The van der Waals surface area contributed by atoms with Crippen molar-refractivity contribution in [3.05, 3.63) is 24.3 Å². The highest BCUT2D eigenvalue weighted by Crippen LogP contribution is 2.16. The fourth-order valence-electron chi connectivity index (χ4n) is 2.05. The van der Waals surface area contributed by atoms with E-state index in [0.717, 1.165) is 0 Å². The lowest BCUT2D eigenvalue weighted by Crippen LogP contribution is -2.35. The van der Waals surface area contributed by atoms with Crippen LogP contribution in [0, 0.1) is 0 Å². The molecular weight excluding hydrogens is 304 g/mol. The van der Waals surface area contributed by atoms with E-state index in [1.165, 1.54) is 31.2 Å². The van der Waals surface area contributed by atoms with Crippen molar-refractivity contribution >= 4 is 17.9 Å². The standard InChI is InChI=1S/C16H22O7/c1-4-5-15(19)23-13-7-6-12(18)14(22-11(3)17)8-9-16(20)21-10(13)2/h4-7,10,12-14,18H,8-9H2,1-3H3/b5-4+,7-6+/t10-,12-,13+,14+/m1/s1. The minimum Gasteiger partial charge on any atom is -0.459 e. The van der Waals surface area contributed by atoms with Gasteiger partial charge in [0.05, 0.1) is 0 Å². The van der Waals surface area contributed by atoms with Crippen LogP contribution in [-0.2, 0) is 28.6 Å². The zero-order valence-corrected chi connectivity index (χ0v) is 13.4. The second-order valence-corrected chi connectivity index (χ2v) is 5.16. The van der Waals surface area contributed by atoms with E-state index in [0.29, 0.717) is 0 Å². The fraction of sp³-hybridized carbons (Fsp3) is 0.562. The van der Waals surface area contributed by atoms with E-state index in [1.54, 1.807) is 13.8 Å². The SMILES string of the molecule is C/C=C/C(=O)O[C@H]1/C=C/[C@@H](O)[C@@H](OC(C)=O)CCC(=O)O[C@@H]1C. The topological polar surface area (TPSA) is 99.1 Å². The number of hydrogen-bond acceptors (Lipinski definition) is 7. The molecule has 0 unspecified atom stereocenters. The molecule has 0 bridgehead atoms. The molecule has 7 heteroatoms. The van der Waals surface area contributed by atoms with Gasteiger partial charge in [-0.1, -0.05) is 12.2 Å². The fourth-order valence-corrected chi connectivity index (χ4v) is 2.05. The first-order valence-electron chi connectivity index (χ1n) is 7.40. The number of carbonyl (C=O) groups excluding carboxylic acids is 3. The summed E-state index contributed by atoms with van der Waals surface area (Å²) in [6.45, 7) is 4.48. The molecule has 0 fully saturated rings. The molecule has 1 N–H and O–H groups in total. The van der Waals surface area contributed by atoms with Gasteiger partial charge in [0.25, 0.3) is 0 Å². The van der Waals surface area contributed by atoms with Crippen LogP contribution in [0.2, 0.25) is 0 Å². The summed E-state index contributed by atoms with van der Waals surface area (Å²) in [7, 11) is 0. The summed E-state index contributed by atoms with van der Waals surface area (Å²) in [6.07, 6.45) is 2.13. The number of aliphatic hydroxyl groups is 1. The summed E-state index contributed by atoms with van der Waals surface area (Å²) in [5.74, 6) is -1.67. The van der Waals surface area contributed by atoms with Gasteiger partial charge < -0.3 is 19.3 Å². The van der Waals surface area contributed by atoms with Gasteiger partial charge in [0.15, 0.2) is 6.10 Å². The summed E-state index contributed by atoms with van der Waals surface area (Å²) < 4.78 is 15.4. The van der Waals surface area contributed by atoms with Crippen LogP contribution in [0.3, 0.4) is 0 Å². The van der Waals surface area contributed by atoms with Crippen molar-refractivity contribution in [2.45, 2.75) is 58.0 Å². The zero-order valence-electron chi connectivity index (χ0n) is 13.4. The van der Waals surface area contributed by atoms with Crippen molar-refractivity contribution in [1.29, 1.82) is 0 Å². The third-order valence-electron chi connectivity index (χ3n) is 3.16. The predicted octanol–water partition coefficient (Wildman–Crippen LogP) is 1.05. The Morgan fingerprint density at radius 1 is 1.35 bits per heavy atom. The van der Waals surface area contributed by atoms with Gasteiger partial charge in [-0.15, -0.1) is 0 Å². The summed E-state index contributed by atoms with van der Waals surface area (Å²) in [4.78, 5) is 34.4. The second kappa shape index (κ2) is 9.09. The van der Waals surface area contributed by atoms with Crippen LogP contribution in [-0.4, -0.2) is 47.4 Å². The van der Waals surface area contributed by atoms with Gasteiger partial charge in [0.1, 0.15) is 18.3 Å². The largest absolute Gasteiger partial charge is 0.459 e. The molecule has 0 aromatic carbocycles. The summed E-state index contributed by atoms with van der Waals surface area (Å²) >= 11 is 0. The molecule has 0 aliphatic carbocycles. The number of ether oxygens (including phenoxy) is 3. The lowest BCUT2D eigenvalue weighted by Gasteiger charge is -2.25. The first-order valence-corrected chi connectivity index (χ1v) is 7.40. The lowest BCUT2D eigenvalue weighted by atomic mass is 10.0. The van der Waals surface area contributed by atoms with Gasteiger partial charge >= 0.3 is 17.9 Å². The van der Waals surface area contributed by atoms with Crippen LogP contribution in [0.4, 0.5) is 0 Å². The first-order chi connectivity index (χ1) is 10.8. The summed E-state index contributed by atoms with van der Waals surface area (Å²) in [5, 5.41) is 10.1. The Hall–Kier alpha value is -2.15. The van der Waals surface area contributed by atoms with Gasteiger partial charge in [0, 0.05) is 19.4 Å². The van der Waals surface area contributed by atoms with Gasteiger partial charge in [-0.3, -0.25) is 9.59 Å². The molecule has 7 nitrogen and oxygen atoms in total. The maximum atomic E-state index is 11.8. The van der Waals surface area contributed by atoms with Crippen molar-refractivity contribution in [3.63, 3.8) is 0 Å². The van der Waals surface area contributed by atoms with Crippen LogP contribution in [0.25, 0.3) is 0 Å². The second-order valence-electron chi connectivity index (χ2n) is 5.16. The Balaban J connectivity index is 2.93. The maximum Gasteiger partial charge on any atom is 0.331 e. The van der Waals surface area contributed by atoms with Crippen molar-refractivity contribution < 1.29 is 33.7 Å². The maximum absolute atomic E-state index is 11.8. The van der Waals surface area contributed by atoms with Crippen LogP contribution < -0.4 is 0 Å². The molecule has 1 heterocycles. The molecule has 1 aliphatic heterocycles. The normalized spacial score (nSPS) is 30.3. The Bertz CT molecular complexity index is 495. The molecule has 0 radical (unpaired) electrons. The van der Waals surface area contributed by atoms with E-state index in [1.807, 2.05) is 0 Å². The summed E-state index contributed by atoms with van der Waals surface area (Å²) in [5.41, 5.74) is 0. The van der Waals surface area contributed by atoms with Gasteiger partial charge in [-0.25, -0.2) is 4.79 Å².